The van der Waals surface area contributed by atoms with Crippen LogP contribution in [0.25, 0.3) is 10.9 Å². The van der Waals surface area contributed by atoms with E-state index >= 15 is 0 Å². The van der Waals surface area contributed by atoms with Crippen LogP contribution in [0, 0.1) is 11.3 Å². The van der Waals surface area contributed by atoms with E-state index in [1.54, 1.807) is 12.1 Å². The number of aromatic nitrogens is 1. The molecule has 1 aromatic carbocycles. The minimum absolute atomic E-state index is 0. The van der Waals surface area contributed by atoms with E-state index < -0.39 is 30.7 Å². The first-order valence-electron chi connectivity index (χ1n) is 9.31. The number of aliphatic carboxylic acids is 1. The van der Waals surface area contributed by atoms with Crippen LogP contribution in [0.2, 0.25) is 0 Å². The molecule has 2 aromatic rings. The molecule has 0 unspecified atom stereocenters. The van der Waals surface area contributed by atoms with Gasteiger partial charge >= 0.3 is 109 Å². The molecule has 0 spiro atoms. The summed E-state index contributed by atoms with van der Waals surface area (Å²) in [4.78, 5) is 49.5. The molecule has 1 aromatic heterocycles. The molecule has 1 aliphatic heterocycles. The molecule has 0 saturated carbocycles. The van der Waals surface area contributed by atoms with E-state index in [9.17, 15) is 14.4 Å². The molecule has 2 N–H and O–H groups in total. The third kappa shape index (κ3) is 10.2. The standard InChI is InChI=1S/C19H18N4O5.CH2O3.2K/c20-9-12-2-1-7-23(12)17(24)10-22-19(27)14-5-6-21-16-4-3-13(8-15(14)16)28-11-18(25)26;2-1(3)4;;/h3-6,8,12H,1-2,7,10-11H2,(H,22,27)(H,25,26);(H2,2,3,4);;/q;;2*+1/p-2/t12-;;;/m0.../s1. The van der Waals surface area contributed by atoms with Crippen molar-refractivity contribution in [1.82, 2.24) is 15.2 Å². The SMILES string of the molecule is N#C[C@@H]1CCCN1C(=O)CNC(=O)c1ccnc2ccc(OCC(=O)O)cc12.O=C([O-])[O-].[K+].[K+]. The molecule has 3 rings (SSSR count). The number of amides is 2. The third-order valence-electron chi connectivity index (χ3n) is 4.44. The molecule has 0 radical (unpaired) electrons. The summed E-state index contributed by atoms with van der Waals surface area (Å²) in [6.45, 7) is -0.205. The Bertz CT molecular complexity index is 1070. The van der Waals surface area contributed by atoms with Gasteiger partial charge in [0.15, 0.2) is 6.61 Å². The zero-order valence-electron chi connectivity index (χ0n) is 18.6. The van der Waals surface area contributed by atoms with Crippen LogP contribution in [0.3, 0.4) is 0 Å². The molecule has 168 valence electrons. The molecule has 14 heteroatoms. The van der Waals surface area contributed by atoms with Gasteiger partial charge in [-0.25, -0.2) is 4.79 Å². The van der Waals surface area contributed by atoms with Crippen molar-refractivity contribution in [3.05, 3.63) is 36.0 Å². The minimum Gasteiger partial charge on any atom is -0.652 e. The number of nitrogens with one attached hydrogen (secondary N) is 1. The Morgan fingerprint density at radius 2 is 1.91 bits per heavy atom. The van der Waals surface area contributed by atoms with Crippen molar-refractivity contribution in [1.29, 1.82) is 5.26 Å². The molecule has 2 amide bonds. The van der Waals surface area contributed by atoms with Crippen LogP contribution in [0.15, 0.2) is 30.5 Å². The Balaban J connectivity index is 0.00000168. The summed E-state index contributed by atoms with van der Waals surface area (Å²) in [5.74, 6) is -1.59. The fourth-order valence-electron chi connectivity index (χ4n) is 3.11. The maximum Gasteiger partial charge on any atom is 1.00 e. The molecule has 34 heavy (non-hydrogen) atoms. The molecule has 2 heterocycles. The van der Waals surface area contributed by atoms with Crippen molar-refractivity contribution in [2.75, 3.05) is 19.7 Å². The number of ether oxygens (including phenoxy) is 1. The van der Waals surface area contributed by atoms with E-state index in [1.165, 1.54) is 23.2 Å². The van der Waals surface area contributed by atoms with Gasteiger partial charge in [0.25, 0.3) is 5.91 Å². The average Bonchev–Trinajstić information content (AvgIpc) is 3.24. The van der Waals surface area contributed by atoms with Crippen LogP contribution in [0.1, 0.15) is 23.2 Å². The van der Waals surface area contributed by atoms with Crippen molar-refractivity contribution < 1.29 is 142 Å². The van der Waals surface area contributed by atoms with Crippen LogP contribution >= 0.6 is 0 Å². The molecule has 1 aliphatic rings. The first-order valence-corrected chi connectivity index (χ1v) is 9.31. The first kappa shape index (κ1) is 32.9. The van der Waals surface area contributed by atoms with E-state index in [0.29, 0.717) is 29.6 Å². The zero-order chi connectivity index (χ0) is 23.7. The Morgan fingerprint density at radius 1 is 1.24 bits per heavy atom. The summed E-state index contributed by atoms with van der Waals surface area (Å²) in [5, 5.41) is 37.5. The van der Waals surface area contributed by atoms with Gasteiger partial charge in [-0.05, 0) is 43.3 Å². The Kier molecular flexibility index (Phi) is 16.0. The number of carboxylic acids is 1. The number of nitriles is 1. The zero-order valence-corrected chi connectivity index (χ0v) is 24.9. The van der Waals surface area contributed by atoms with Gasteiger partial charge in [0.05, 0.1) is 23.7 Å². The van der Waals surface area contributed by atoms with Gasteiger partial charge in [-0.1, -0.05) is 0 Å². The van der Waals surface area contributed by atoms with E-state index in [-0.39, 0.29) is 121 Å². The second-order valence-corrected chi connectivity index (χ2v) is 6.53. The maximum absolute atomic E-state index is 12.6. The van der Waals surface area contributed by atoms with E-state index in [4.69, 9.17) is 30.1 Å². The molecule has 1 atom stereocenters. The summed E-state index contributed by atoms with van der Waals surface area (Å²) >= 11 is 0. The van der Waals surface area contributed by atoms with Crippen molar-refractivity contribution >= 4 is 34.8 Å². The molecule has 0 aliphatic carbocycles. The van der Waals surface area contributed by atoms with E-state index in [2.05, 4.69) is 16.4 Å². The second kappa shape index (κ2) is 16.5. The van der Waals surface area contributed by atoms with E-state index in [1.807, 2.05) is 0 Å². The number of pyridine rings is 1. The van der Waals surface area contributed by atoms with Gasteiger partial charge in [0, 0.05) is 18.1 Å². The quantitative estimate of drug-likeness (QED) is 0.345. The number of carboxylic acid groups (broad SMARTS) is 3. The predicted octanol–water partition coefficient (Wildman–Crippen LogP) is -7.50. The summed E-state index contributed by atoms with van der Waals surface area (Å²) < 4.78 is 5.15. The number of nitrogens with zero attached hydrogens (tertiary/aromatic N) is 3. The number of benzene rings is 1. The molecule has 12 nitrogen and oxygen atoms in total. The van der Waals surface area contributed by atoms with Crippen LogP contribution in [-0.2, 0) is 9.59 Å². The normalized spacial score (nSPS) is 13.7. The largest absolute Gasteiger partial charge is 1.00 e. The molecule has 0 bridgehead atoms. The van der Waals surface area contributed by atoms with Gasteiger partial charge in [0.1, 0.15) is 11.8 Å². The number of hydrogen-bond donors (Lipinski definition) is 2. The third-order valence-corrected chi connectivity index (χ3v) is 4.44. The van der Waals surface area contributed by atoms with Crippen LogP contribution in [0.4, 0.5) is 4.79 Å². The van der Waals surface area contributed by atoms with Gasteiger partial charge in [-0.15, -0.1) is 0 Å². The maximum atomic E-state index is 12.6. The van der Waals surface area contributed by atoms with Crippen LogP contribution in [-0.4, -0.2) is 64.7 Å². The number of likely N-dealkylation sites (tertiary alicyclic amines) is 1. The monoisotopic (exact) mass is 520 g/mol. The van der Waals surface area contributed by atoms with Crippen molar-refractivity contribution in [2.45, 2.75) is 18.9 Å². The van der Waals surface area contributed by atoms with Crippen molar-refractivity contribution in [3.63, 3.8) is 0 Å². The Morgan fingerprint density at radius 3 is 2.53 bits per heavy atom. The van der Waals surface area contributed by atoms with Crippen molar-refractivity contribution in [3.8, 4) is 11.8 Å². The molecular weight excluding hydrogens is 502 g/mol. The number of hydrogen-bond acceptors (Lipinski definition) is 9. The van der Waals surface area contributed by atoms with Crippen LogP contribution in [0.5, 0.6) is 5.75 Å². The fraction of sp³-hybridized carbons (Fsp3) is 0.300. The Hall–Kier alpha value is -1.13. The number of rotatable bonds is 6. The van der Waals surface area contributed by atoms with Gasteiger partial charge in [-0.2, -0.15) is 5.26 Å². The summed E-state index contributed by atoms with van der Waals surface area (Å²) in [6, 6.07) is 7.89. The van der Waals surface area contributed by atoms with Crippen LogP contribution < -0.4 is 123 Å². The second-order valence-electron chi connectivity index (χ2n) is 6.53. The smallest absolute Gasteiger partial charge is 0.652 e. The predicted molar refractivity (Wildman–Crippen MR) is 103 cm³/mol. The topological polar surface area (TPSA) is 196 Å². The van der Waals surface area contributed by atoms with Gasteiger partial charge in [-0.3, -0.25) is 14.6 Å². The van der Waals surface area contributed by atoms with E-state index in [0.717, 1.165) is 6.42 Å². The number of fused-ring (bicyclic) bond motifs is 1. The minimum atomic E-state index is -2.33. The van der Waals surface area contributed by atoms with Gasteiger partial charge < -0.3 is 35.1 Å². The Labute approximate surface area is 279 Å². The summed E-state index contributed by atoms with van der Waals surface area (Å²) in [5.41, 5.74) is 0.822. The number of carbonyl (C=O) groups excluding carboxylic acids is 3. The van der Waals surface area contributed by atoms with Gasteiger partial charge in [0.2, 0.25) is 5.91 Å². The van der Waals surface area contributed by atoms with Crippen molar-refractivity contribution in [2.24, 2.45) is 0 Å². The summed E-state index contributed by atoms with van der Waals surface area (Å²) in [6.07, 6.45) is 0.555. The first-order chi connectivity index (χ1) is 15.2. The average molecular weight is 521 g/mol. The number of carbonyl (C=O) groups is 4. The fourth-order valence-corrected chi connectivity index (χ4v) is 3.11. The molecular formula is C20H18K2N4O8. The summed E-state index contributed by atoms with van der Waals surface area (Å²) in [7, 11) is 0. The molecule has 1 fully saturated rings. The molecule has 1 saturated heterocycles.